The number of fused-ring (bicyclic) bond motifs is 2. The normalized spacial score (nSPS) is 16.5. The Kier molecular flexibility index (Phi) is 9.90. The fraction of sp³-hybridized carbons (Fsp3) is 0.381. The first kappa shape index (κ1) is 35.0. The molecule has 0 radical (unpaired) electrons. The zero-order valence-electron chi connectivity index (χ0n) is 30.6. The van der Waals surface area contributed by atoms with E-state index >= 15 is 0 Å². The Labute approximate surface area is 304 Å². The summed E-state index contributed by atoms with van der Waals surface area (Å²) < 4.78 is 0. The Bertz CT molecular complexity index is 2030. The number of hydrogen-bond donors (Lipinski definition) is 4. The van der Waals surface area contributed by atoms with Crippen LogP contribution in [-0.2, 0) is 0 Å². The van der Waals surface area contributed by atoms with Gasteiger partial charge >= 0.3 is 0 Å². The fourth-order valence-electron chi connectivity index (χ4n) is 7.79. The maximum Gasteiger partial charge on any atom is 0.172 e. The Balaban J connectivity index is 0.000000162. The molecular weight excluding hydrogens is 649 g/mol. The predicted molar refractivity (Wildman–Crippen MR) is 209 cm³/mol. The highest BCUT2D eigenvalue weighted by Crippen LogP contribution is 2.41. The molecule has 6 aromatic rings. The Morgan fingerprint density at radius 2 is 0.942 bits per heavy atom. The van der Waals surface area contributed by atoms with Crippen molar-refractivity contribution >= 4 is 45.3 Å². The molecule has 0 atom stereocenters. The van der Waals surface area contributed by atoms with Crippen LogP contribution in [0, 0.1) is 10.8 Å². The molecule has 2 aliphatic carbocycles. The van der Waals surface area contributed by atoms with Gasteiger partial charge in [-0.25, -0.2) is 19.9 Å². The zero-order valence-corrected chi connectivity index (χ0v) is 30.6. The summed E-state index contributed by atoms with van der Waals surface area (Å²) in [5, 5.41) is 6.22. The van der Waals surface area contributed by atoms with Crippen LogP contribution in [0.1, 0.15) is 98.8 Å². The van der Waals surface area contributed by atoms with Crippen molar-refractivity contribution in [2.24, 2.45) is 10.8 Å². The van der Waals surface area contributed by atoms with Gasteiger partial charge in [0.05, 0.1) is 34.9 Å². The van der Waals surface area contributed by atoms with Crippen LogP contribution in [0.4, 0.5) is 11.4 Å². The highest BCUT2D eigenvalue weighted by atomic mass is 16.1. The number of aromatic amines is 2. The van der Waals surface area contributed by atoms with Crippen molar-refractivity contribution in [2.75, 3.05) is 24.7 Å². The van der Waals surface area contributed by atoms with E-state index in [9.17, 15) is 9.59 Å². The molecule has 4 aromatic heterocycles. The van der Waals surface area contributed by atoms with Crippen molar-refractivity contribution in [3.63, 3.8) is 0 Å². The van der Waals surface area contributed by atoms with Gasteiger partial charge in [-0.2, -0.15) is 0 Å². The van der Waals surface area contributed by atoms with Crippen LogP contribution in [0.15, 0.2) is 73.3 Å². The number of aromatic nitrogens is 6. The van der Waals surface area contributed by atoms with E-state index in [0.29, 0.717) is 33.5 Å². The van der Waals surface area contributed by atoms with Crippen LogP contribution in [0.3, 0.4) is 0 Å². The predicted octanol–water partition coefficient (Wildman–Crippen LogP) is 9.64. The number of nitrogens with one attached hydrogen (secondary N) is 4. The monoisotopic (exact) mass is 696 g/mol. The van der Waals surface area contributed by atoms with Gasteiger partial charge in [0.2, 0.25) is 0 Å². The van der Waals surface area contributed by atoms with Crippen LogP contribution in [0.5, 0.6) is 0 Å². The summed E-state index contributed by atoms with van der Waals surface area (Å²) in [5.74, 6) is 0.390. The summed E-state index contributed by atoms with van der Waals surface area (Å²) in [6.45, 7) is 4.20. The van der Waals surface area contributed by atoms with Crippen molar-refractivity contribution in [1.29, 1.82) is 0 Å². The average Bonchev–Trinajstić information content (AvgIpc) is 3.82. The number of rotatable bonds is 8. The lowest BCUT2D eigenvalue weighted by Crippen LogP contribution is -2.30. The number of benzene rings is 2. The van der Waals surface area contributed by atoms with Gasteiger partial charge in [-0.15, -0.1) is 0 Å². The molecule has 0 amide bonds. The molecule has 8 rings (SSSR count). The van der Waals surface area contributed by atoms with E-state index in [1.165, 1.54) is 12.8 Å². The van der Waals surface area contributed by atoms with E-state index in [-0.39, 0.29) is 22.4 Å². The molecule has 0 unspecified atom stereocenters. The second-order valence-corrected chi connectivity index (χ2v) is 14.9. The highest BCUT2D eigenvalue weighted by Gasteiger charge is 2.38. The van der Waals surface area contributed by atoms with E-state index in [2.05, 4.69) is 44.4 Å². The van der Waals surface area contributed by atoms with E-state index in [1.807, 2.05) is 62.6 Å². The number of H-pyrrole nitrogens is 2. The summed E-state index contributed by atoms with van der Waals surface area (Å²) >= 11 is 0. The average molecular weight is 697 g/mol. The molecular formula is C42H48N8O2. The molecule has 2 saturated carbocycles. The topological polar surface area (TPSA) is 141 Å². The van der Waals surface area contributed by atoms with E-state index in [0.717, 1.165) is 85.3 Å². The van der Waals surface area contributed by atoms with Crippen LogP contribution in [0.25, 0.3) is 44.8 Å². The smallest absolute Gasteiger partial charge is 0.172 e. The molecule has 52 heavy (non-hydrogen) atoms. The molecule has 0 saturated heterocycles. The number of nitrogens with zero attached hydrogens (tertiary/aromatic N) is 4. The molecule has 0 spiro atoms. The number of Topliss-reactive ketones (excluding diaryl/α,β-unsaturated/α-hetero) is 2. The second kappa shape index (κ2) is 14.7. The quantitative estimate of drug-likeness (QED) is 0.115. The van der Waals surface area contributed by atoms with Crippen molar-refractivity contribution in [3.05, 3.63) is 84.4 Å². The number of anilines is 2. The summed E-state index contributed by atoms with van der Waals surface area (Å²) in [6, 6.07) is 16.1. The Hall–Kier alpha value is -5.38. The first-order chi connectivity index (χ1) is 25.2. The standard InChI is InChI=1S/2C21H24N4O/c2*1-21(10-4-3-5-11-21)19(26)16-12-23-20-18(16)25-17(13-24-20)14-6-8-15(22-2)9-7-14/h2*6-9,12-13,22H,3-5,10-11H2,1-2H3,(H,23,24). The summed E-state index contributed by atoms with van der Waals surface area (Å²) in [4.78, 5) is 51.2. The minimum atomic E-state index is -0.278. The Morgan fingerprint density at radius 1 is 0.577 bits per heavy atom. The van der Waals surface area contributed by atoms with Crippen molar-refractivity contribution in [2.45, 2.75) is 78.1 Å². The van der Waals surface area contributed by atoms with Crippen LogP contribution >= 0.6 is 0 Å². The highest BCUT2D eigenvalue weighted by molar-refractivity contribution is 6.09. The van der Waals surface area contributed by atoms with Crippen molar-refractivity contribution in [3.8, 4) is 22.5 Å². The third-order valence-electron chi connectivity index (χ3n) is 11.2. The molecule has 0 bridgehead atoms. The van der Waals surface area contributed by atoms with Gasteiger partial charge in [-0.05, 0) is 49.9 Å². The van der Waals surface area contributed by atoms with E-state index in [1.54, 1.807) is 24.8 Å². The van der Waals surface area contributed by atoms with Gasteiger partial charge in [-0.3, -0.25) is 9.59 Å². The number of carbonyl (C=O) groups excluding carboxylic acids is 2. The summed E-state index contributed by atoms with van der Waals surface area (Å²) in [6.07, 6.45) is 17.8. The van der Waals surface area contributed by atoms with Crippen LogP contribution < -0.4 is 10.6 Å². The lowest BCUT2D eigenvalue weighted by molar-refractivity contribution is 0.0745. The first-order valence-corrected chi connectivity index (χ1v) is 18.6. The van der Waals surface area contributed by atoms with Gasteiger partial charge in [0.1, 0.15) is 11.0 Å². The van der Waals surface area contributed by atoms with Crippen molar-refractivity contribution in [1.82, 2.24) is 29.9 Å². The molecule has 4 N–H and O–H groups in total. The van der Waals surface area contributed by atoms with Crippen LogP contribution in [0.2, 0.25) is 0 Å². The third-order valence-corrected chi connectivity index (χ3v) is 11.2. The number of carbonyl (C=O) groups is 2. The molecule has 10 heteroatoms. The lowest BCUT2D eigenvalue weighted by atomic mass is 9.71. The summed E-state index contributed by atoms with van der Waals surface area (Å²) in [7, 11) is 3.79. The zero-order chi connectivity index (χ0) is 36.3. The molecule has 0 aliphatic heterocycles. The molecule has 2 fully saturated rings. The molecule has 2 aliphatic rings. The molecule has 268 valence electrons. The van der Waals surface area contributed by atoms with Gasteiger partial charge in [-0.1, -0.05) is 76.6 Å². The van der Waals surface area contributed by atoms with Crippen LogP contribution in [-0.4, -0.2) is 55.6 Å². The first-order valence-electron chi connectivity index (χ1n) is 18.6. The second-order valence-electron chi connectivity index (χ2n) is 14.9. The summed E-state index contributed by atoms with van der Waals surface area (Å²) in [5.41, 5.74) is 9.11. The fourth-order valence-corrected chi connectivity index (χ4v) is 7.79. The maximum atomic E-state index is 13.2. The largest absolute Gasteiger partial charge is 0.388 e. The maximum absolute atomic E-state index is 13.2. The van der Waals surface area contributed by atoms with Crippen molar-refractivity contribution < 1.29 is 9.59 Å². The minimum Gasteiger partial charge on any atom is -0.388 e. The third kappa shape index (κ3) is 6.94. The number of hydrogen-bond acceptors (Lipinski definition) is 8. The van der Waals surface area contributed by atoms with Gasteiger partial charge in [0.25, 0.3) is 0 Å². The lowest BCUT2D eigenvalue weighted by Gasteiger charge is -2.31. The van der Waals surface area contributed by atoms with Gasteiger partial charge < -0.3 is 20.6 Å². The minimum absolute atomic E-state index is 0.195. The van der Waals surface area contributed by atoms with Gasteiger partial charge in [0, 0.05) is 59.8 Å². The molecule has 4 heterocycles. The van der Waals surface area contributed by atoms with E-state index < -0.39 is 0 Å². The molecule has 2 aromatic carbocycles. The van der Waals surface area contributed by atoms with Gasteiger partial charge in [0.15, 0.2) is 22.9 Å². The SMILES string of the molecule is CNc1ccc(-c2cnc3[nH]cc(C(=O)C4(C)CCCCC4)c3n2)cc1.CNc1ccc(-c2cnc3[nH]cc(C(=O)C4(C)CCCCC4)c3n2)cc1. The number of ketones is 2. The van der Waals surface area contributed by atoms with E-state index in [4.69, 9.17) is 9.97 Å². The molecule has 10 nitrogen and oxygen atoms in total. The Morgan fingerprint density at radius 3 is 1.29 bits per heavy atom.